The molecule has 0 saturated heterocycles. The fourth-order valence-electron chi connectivity index (χ4n) is 3.05. The Balaban J connectivity index is 2.08. The average Bonchev–Trinajstić information content (AvgIpc) is 3.00. The number of ether oxygens (including phenoxy) is 3. The minimum atomic E-state index is -1.12. The van der Waals surface area contributed by atoms with Crippen LogP contribution in [0.15, 0.2) is 47.6 Å². The molecule has 0 N–H and O–H groups in total. The molecule has 0 bridgehead atoms. The first kappa shape index (κ1) is 17.8. The summed E-state index contributed by atoms with van der Waals surface area (Å²) < 4.78 is 17.0. The second-order valence-electron chi connectivity index (χ2n) is 6.26. The predicted molar refractivity (Wildman–Crippen MR) is 98.2 cm³/mol. The van der Waals surface area contributed by atoms with E-state index < -0.39 is 5.72 Å². The number of hydrazone groups is 1. The number of carbonyl (C=O) groups excluding carboxylic acids is 1. The molecule has 1 heterocycles. The van der Waals surface area contributed by atoms with Crippen molar-refractivity contribution in [3.63, 3.8) is 0 Å². The summed E-state index contributed by atoms with van der Waals surface area (Å²) in [5.41, 5.74) is 1.45. The number of carbonyl (C=O) groups is 1. The third kappa shape index (κ3) is 2.98. The highest BCUT2D eigenvalue weighted by atomic mass is 16.6. The zero-order chi connectivity index (χ0) is 18.9. The van der Waals surface area contributed by atoms with Gasteiger partial charge in [0.05, 0.1) is 19.8 Å². The molecule has 1 aliphatic heterocycles. The molecule has 0 saturated carbocycles. The molecule has 0 radical (unpaired) electrons. The number of amides is 1. The summed E-state index contributed by atoms with van der Waals surface area (Å²) in [6, 6.07) is 13.2. The number of nitrogens with zero attached hydrogens (tertiary/aromatic N) is 2. The smallest absolute Gasteiger partial charge is 0.243 e. The van der Waals surface area contributed by atoms with Crippen molar-refractivity contribution >= 4 is 11.8 Å². The molecule has 1 atom stereocenters. The molecule has 1 amide bonds. The Kier molecular flexibility index (Phi) is 4.59. The molecular formula is C20H22N2O4. The van der Waals surface area contributed by atoms with E-state index >= 15 is 0 Å². The maximum absolute atomic E-state index is 12.3. The van der Waals surface area contributed by atoms with E-state index in [1.807, 2.05) is 37.3 Å². The van der Waals surface area contributed by atoms with Gasteiger partial charge in [0.2, 0.25) is 17.5 Å². The first-order valence-corrected chi connectivity index (χ1v) is 8.27. The molecule has 0 unspecified atom stereocenters. The van der Waals surface area contributed by atoms with Crippen molar-refractivity contribution in [3.05, 3.63) is 59.2 Å². The Hall–Kier alpha value is -3.02. The summed E-state index contributed by atoms with van der Waals surface area (Å²) in [4.78, 5) is 12.3. The second-order valence-corrected chi connectivity index (χ2v) is 6.26. The maximum Gasteiger partial charge on any atom is 0.243 e. The third-order valence-electron chi connectivity index (χ3n) is 4.36. The summed E-state index contributed by atoms with van der Waals surface area (Å²) in [6.45, 7) is 5.25. The molecule has 3 rings (SSSR count). The zero-order valence-electron chi connectivity index (χ0n) is 15.6. The molecular weight excluding hydrogens is 332 g/mol. The van der Waals surface area contributed by atoms with Crippen molar-refractivity contribution in [2.24, 2.45) is 5.10 Å². The van der Waals surface area contributed by atoms with Crippen molar-refractivity contribution in [3.8, 4) is 11.5 Å². The van der Waals surface area contributed by atoms with E-state index in [4.69, 9.17) is 14.2 Å². The molecule has 2 aromatic rings. The van der Waals surface area contributed by atoms with E-state index in [0.717, 1.165) is 11.1 Å². The summed E-state index contributed by atoms with van der Waals surface area (Å²) in [5.74, 6) is 1.37. The number of rotatable bonds is 4. The van der Waals surface area contributed by atoms with E-state index in [2.05, 4.69) is 5.10 Å². The molecule has 26 heavy (non-hydrogen) atoms. The van der Waals surface area contributed by atoms with Crippen molar-refractivity contribution in [1.29, 1.82) is 0 Å². The minimum Gasteiger partial charge on any atom is -0.497 e. The summed E-state index contributed by atoms with van der Waals surface area (Å²) in [7, 11) is 3.15. The van der Waals surface area contributed by atoms with Gasteiger partial charge >= 0.3 is 0 Å². The number of benzene rings is 2. The van der Waals surface area contributed by atoms with Crippen LogP contribution in [0.4, 0.5) is 0 Å². The standard InChI is InChI=1S/C20H22N2O4/c1-13-7-6-8-15(11-13)19-21-22(14(2)23)20(3,26-19)17-10-9-16(24-4)12-18(17)25-5/h6-12H,1-5H3/t20-/m1/s1. The highest BCUT2D eigenvalue weighted by Gasteiger charge is 2.46. The molecule has 0 aliphatic carbocycles. The van der Waals surface area contributed by atoms with Crippen LogP contribution in [0.2, 0.25) is 0 Å². The third-order valence-corrected chi connectivity index (χ3v) is 4.36. The molecule has 0 spiro atoms. The predicted octanol–water partition coefficient (Wildman–Crippen LogP) is 3.43. The van der Waals surface area contributed by atoms with Crippen LogP contribution in [0.3, 0.4) is 0 Å². The lowest BCUT2D eigenvalue weighted by atomic mass is 10.0. The fourth-order valence-corrected chi connectivity index (χ4v) is 3.05. The summed E-state index contributed by atoms with van der Waals surface area (Å²) in [6.07, 6.45) is 0. The van der Waals surface area contributed by atoms with Gasteiger partial charge in [-0.05, 0) is 31.2 Å². The van der Waals surface area contributed by atoms with Gasteiger partial charge < -0.3 is 14.2 Å². The monoisotopic (exact) mass is 354 g/mol. The SMILES string of the molecule is COc1ccc([C@@]2(C)OC(c3cccc(C)c3)=NN2C(C)=O)c(OC)c1. The number of hydrogen-bond donors (Lipinski definition) is 0. The van der Waals surface area contributed by atoms with Crippen LogP contribution in [-0.4, -0.2) is 31.0 Å². The first-order valence-electron chi connectivity index (χ1n) is 8.27. The minimum absolute atomic E-state index is 0.229. The number of methoxy groups -OCH3 is 2. The molecule has 136 valence electrons. The first-order chi connectivity index (χ1) is 12.4. The van der Waals surface area contributed by atoms with Crippen LogP contribution in [0.1, 0.15) is 30.5 Å². The maximum atomic E-state index is 12.3. The molecule has 1 aliphatic rings. The molecule has 0 fully saturated rings. The van der Waals surface area contributed by atoms with E-state index in [1.165, 1.54) is 11.9 Å². The molecule has 0 aromatic heterocycles. The highest BCUT2D eigenvalue weighted by molar-refractivity contribution is 5.97. The lowest BCUT2D eigenvalue weighted by molar-refractivity contribution is -0.146. The normalized spacial score (nSPS) is 19.0. The Morgan fingerprint density at radius 3 is 2.54 bits per heavy atom. The lowest BCUT2D eigenvalue weighted by Gasteiger charge is -2.32. The molecule has 2 aromatic carbocycles. The van der Waals surface area contributed by atoms with Gasteiger partial charge in [-0.2, -0.15) is 5.01 Å². The fraction of sp³-hybridized carbons (Fsp3) is 0.300. The van der Waals surface area contributed by atoms with E-state index in [-0.39, 0.29) is 5.91 Å². The van der Waals surface area contributed by atoms with Crippen LogP contribution in [-0.2, 0) is 15.3 Å². The Bertz CT molecular complexity index is 878. The largest absolute Gasteiger partial charge is 0.497 e. The Morgan fingerprint density at radius 1 is 1.15 bits per heavy atom. The van der Waals surface area contributed by atoms with Gasteiger partial charge in [0.25, 0.3) is 0 Å². The van der Waals surface area contributed by atoms with Crippen LogP contribution >= 0.6 is 0 Å². The average molecular weight is 354 g/mol. The van der Waals surface area contributed by atoms with Gasteiger partial charge in [0.1, 0.15) is 11.5 Å². The molecule has 6 nitrogen and oxygen atoms in total. The van der Waals surface area contributed by atoms with Crippen molar-refractivity contribution in [2.45, 2.75) is 26.5 Å². The highest BCUT2D eigenvalue weighted by Crippen LogP contribution is 2.42. The van der Waals surface area contributed by atoms with E-state index in [0.29, 0.717) is 23.0 Å². The Morgan fingerprint density at radius 2 is 1.92 bits per heavy atom. The lowest BCUT2D eigenvalue weighted by Crippen LogP contribution is -2.41. The summed E-state index contributed by atoms with van der Waals surface area (Å²) >= 11 is 0. The van der Waals surface area contributed by atoms with Gasteiger partial charge in [0, 0.05) is 25.5 Å². The van der Waals surface area contributed by atoms with Crippen LogP contribution in [0.25, 0.3) is 0 Å². The van der Waals surface area contributed by atoms with Gasteiger partial charge in [-0.1, -0.05) is 17.7 Å². The van der Waals surface area contributed by atoms with Crippen LogP contribution in [0, 0.1) is 6.92 Å². The second kappa shape index (κ2) is 6.71. The number of hydrogen-bond acceptors (Lipinski definition) is 5. The number of aryl methyl sites for hydroxylation is 1. The topological polar surface area (TPSA) is 60.4 Å². The van der Waals surface area contributed by atoms with Gasteiger partial charge in [-0.15, -0.1) is 5.10 Å². The summed E-state index contributed by atoms with van der Waals surface area (Å²) in [5, 5.41) is 5.78. The van der Waals surface area contributed by atoms with Crippen molar-refractivity contribution in [1.82, 2.24) is 5.01 Å². The van der Waals surface area contributed by atoms with Crippen LogP contribution < -0.4 is 9.47 Å². The quantitative estimate of drug-likeness (QED) is 0.844. The van der Waals surface area contributed by atoms with Gasteiger partial charge in [0.15, 0.2) is 0 Å². The zero-order valence-corrected chi connectivity index (χ0v) is 15.6. The van der Waals surface area contributed by atoms with Gasteiger partial charge in [-0.25, -0.2) is 0 Å². The van der Waals surface area contributed by atoms with Crippen molar-refractivity contribution < 1.29 is 19.0 Å². The van der Waals surface area contributed by atoms with E-state index in [9.17, 15) is 4.79 Å². The van der Waals surface area contributed by atoms with Gasteiger partial charge in [-0.3, -0.25) is 4.79 Å². The Labute approximate surface area is 153 Å². The molecule has 6 heteroatoms. The van der Waals surface area contributed by atoms with Crippen molar-refractivity contribution in [2.75, 3.05) is 14.2 Å². The van der Waals surface area contributed by atoms with E-state index in [1.54, 1.807) is 33.3 Å². The van der Waals surface area contributed by atoms with Crippen LogP contribution in [0.5, 0.6) is 11.5 Å².